The number of anilines is 1. The van der Waals surface area contributed by atoms with Crippen LogP contribution in [0.3, 0.4) is 0 Å². The van der Waals surface area contributed by atoms with Crippen molar-refractivity contribution < 1.29 is 4.79 Å². The van der Waals surface area contributed by atoms with Crippen LogP contribution in [0.4, 0.5) is 5.69 Å². The van der Waals surface area contributed by atoms with E-state index in [0.717, 1.165) is 9.99 Å². The summed E-state index contributed by atoms with van der Waals surface area (Å²) in [6.45, 7) is 0. The normalized spacial score (nSPS) is 10.8. The number of hydrogen-bond donors (Lipinski definition) is 2. The Balaban J connectivity index is 1.88. The molecule has 0 saturated carbocycles. The number of hydrogen-bond acceptors (Lipinski definition) is 3. The lowest BCUT2D eigenvalue weighted by atomic mass is 10.2. The van der Waals surface area contributed by atoms with Gasteiger partial charge >= 0.3 is 0 Å². The number of amides is 1. The molecule has 3 rings (SSSR count). The van der Waals surface area contributed by atoms with Gasteiger partial charge in [0, 0.05) is 23.4 Å². The average molecular weight is 320 g/mol. The number of rotatable bonds is 2. The second-order valence-corrected chi connectivity index (χ2v) is 5.05. The zero-order chi connectivity index (χ0) is 13.4. The second kappa shape index (κ2) is 4.51. The van der Waals surface area contributed by atoms with Gasteiger partial charge in [0.05, 0.1) is 0 Å². The van der Waals surface area contributed by atoms with Gasteiger partial charge in [0.1, 0.15) is 16.7 Å². The van der Waals surface area contributed by atoms with E-state index >= 15 is 0 Å². The van der Waals surface area contributed by atoms with Gasteiger partial charge in [-0.3, -0.25) is 4.79 Å². The van der Waals surface area contributed by atoms with E-state index in [9.17, 15) is 4.79 Å². The van der Waals surface area contributed by atoms with Gasteiger partial charge in [0.15, 0.2) is 0 Å². The van der Waals surface area contributed by atoms with Crippen molar-refractivity contribution in [2.45, 2.75) is 0 Å². The topological polar surface area (TPSA) is 75.6 Å². The van der Waals surface area contributed by atoms with Gasteiger partial charge in [-0.1, -0.05) is 0 Å². The van der Waals surface area contributed by atoms with E-state index in [1.165, 1.54) is 0 Å². The molecule has 2 aromatic heterocycles. The molecule has 19 heavy (non-hydrogen) atoms. The van der Waals surface area contributed by atoms with E-state index in [1.807, 2.05) is 13.2 Å². The molecule has 0 unspecified atom stereocenters. The van der Waals surface area contributed by atoms with E-state index in [2.05, 4.69) is 36.7 Å². The smallest absolute Gasteiger partial charge is 0.272 e. The second-order valence-electron chi connectivity index (χ2n) is 4.14. The van der Waals surface area contributed by atoms with Crippen molar-refractivity contribution in [1.82, 2.24) is 20.0 Å². The Morgan fingerprint density at radius 2 is 2.11 bits per heavy atom. The lowest BCUT2D eigenvalue weighted by molar-refractivity contribution is 0.101. The summed E-state index contributed by atoms with van der Waals surface area (Å²) in [5.74, 6) is -0.170. The quantitative estimate of drug-likeness (QED) is 0.761. The van der Waals surface area contributed by atoms with E-state index in [1.54, 1.807) is 28.8 Å². The molecule has 2 N–H and O–H groups in total. The maximum atomic E-state index is 12.1. The number of aromatic nitrogens is 4. The molecule has 0 saturated heterocycles. The predicted octanol–water partition coefficient (Wildman–Crippen LogP) is 2.31. The Bertz CT molecular complexity index is 760. The highest BCUT2D eigenvalue weighted by atomic mass is 79.9. The first kappa shape index (κ1) is 11.9. The summed E-state index contributed by atoms with van der Waals surface area (Å²) in [7, 11) is 1.82. The van der Waals surface area contributed by atoms with Crippen LogP contribution < -0.4 is 5.32 Å². The first-order valence-corrected chi connectivity index (χ1v) is 6.36. The third kappa shape index (κ3) is 2.24. The van der Waals surface area contributed by atoms with Crippen LogP contribution in [-0.2, 0) is 7.05 Å². The lowest BCUT2D eigenvalue weighted by Crippen LogP contribution is -2.15. The summed E-state index contributed by atoms with van der Waals surface area (Å²) in [6.07, 6.45) is 1.83. The molecule has 0 aliphatic heterocycles. The van der Waals surface area contributed by atoms with Crippen LogP contribution in [0.15, 0.2) is 34.9 Å². The monoisotopic (exact) mass is 319 g/mol. The SMILES string of the molecule is Cn1cc(Br)cc1C(=O)Nc1ccc2n[nH]nc2c1. The number of aromatic amines is 1. The summed E-state index contributed by atoms with van der Waals surface area (Å²) < 4.78 is 2.63. The molecule has 0 aliphatic rings. The van der Waals surface area contributed by atoms with E-state index in [0.29, 0.717) is 16.9 Å². The molecule has 0 bridgehead atoms. The zero-order valence-corrected chi connectivity index (χ0v) is 11.6. The third-order valence-electron chi connectivity index (χ3n) is 2.78. The zero-order valence-electron chi connectivity index (χ0n) is 10.0. The van der Waals surface area contributed by atoms with Gasteiger partial charge in [0.25, 0.3) is 5.91 Å². The maximum absolute atomic E-state index is 12.1. The molecule has 0 aliphatic carbocycles. The number of halogens is 1. The fourth-order valence-electron chi connectivity index (χ4n) is 1.86. The van der Waals surface area contributed by atoms with Gasteiger partial charge in [-0.05, 0) is 40.2 Å². The number of benzene rings is 1. The van der Waals surface area contributed by atoms with E-state index < -0.39 is 0 Å². The first-order valence-electron chi connectivity index (χ1n) is 5.57. The minimum atomic E-state index is -0.170. The average Bonchev–Trinajstić information content (AvgIpc) is 2.94. The fourth-order valence-corrected chi connectivity index (χ4v) is 2.39. The van der Waals surface area contributed by atoms with Crippen LogP contribution in [-0.4, -0.2) is 25.9 Å². The first-order chi connectivity index (χ1) is 9.13. The van der Waals surface area contributed by atoms with Crippen LogP contribution in [0.25, 0.3) is 11.0 Å². The summed E-state index contributed by atoms with van der Waals surface area (Å²) in [5.41, 5.74) is 2.74. The maximum Gasteiger partial charge on any atom is 0.272 e. The van der Waals surface area contributed by atoms with Crippen molar-refractivity contribution in [2.75, 3.05) is 5.32 Å². The minimum absolute atomic E-state index is 0.170. The molecule has 7 heteroatoms. The Hall–Kier alpha value is -2.15. The van der Waals surface area contributed by atoms with Crippen LogP contribution in [0, 0.1) is 0 Å². The highest BCUT2D eigenvalue weighted by Gasteiger charge is 2.11. The summed E-state index contributed by atoms with van der Waals surface area (Å²) in [4.78, 5) is 12.1. The van der Waals surface area contributed by atoms with E-state index in [4.69, 9.17) is 0 Å². The Morgan fingerprint density at radius 1 is 1.32 bits per heavy atom. The number of nitrogens with zero attached hydrogens (tertiary/aromatic N) is 3. The molecular weight excluding hydrogens is 310 g/mol. The van der Waals surface area contributed by atoms with Crippen molar-refractivity contribution in [1.29, 1.82) is 0 Å². The van der Waals surface area contributed by atoms with Crippen LogP contribution in [0.5, 0.6) is 0 Å². The van der Waals surface area contributed by atoms with Gasteiger partial charge < -0.3 is 9.88 Å². The van der Waals surface area contributed by atoms with Crippen LogP contribution in [0.2, 0.25) is 0 Å². The largest absolute Gasteiger partial charge is 0.345 e. The van der Waals surface area contributed by atoms with Crippen LogP contribution >= 0.6 is 15.9 Å². The van der Waals surface area contributed by atoms with E-state index in [-0.39, 0.29) is 5.91 Å². The van der Waals surface area contributed by atoms with Gasteiger partial charge in [-0.15, -0.1) is 0 Å². The predicted molar refractivity (Wildman–Crippen MR) is 75.0 cm³/mol. The third-order valence-corrected chi connectivity index (χ3v) is 3.21. The standard InChI is InChI=1S/C12H10BrN5O/c1-18-6-7(13)4-11(18)12(19)14-8-2-3-9-10(5-8)16-17-15-9/h2-6H,1H3,(H,14,19)(H,15,16,17). The summed E-state index contributed by atoms with van der Waals surface area (Å²) in [5, 5.41) is 13.3. The fraction of sp³-hybridized carbons (Fsp3) is 0.0833. The molecule has 6 nitrogen and oxygen atoms in total. The summed E-state index contributed by atoms with van der Waals surface area (Å²) >= 11 is 3.34. The Labute approximate surface area is 116 Å². The Morgan fingerprint density at radius 3 is 2.84 bits per heavy atom. The van der Waals surface area contributed by atoms with Crippen molar-refractivity contribution in [2.24, 2.45) is 7.05 Å². The number of fused-ring (bicyclic) bond motifs is 1. The molecule has 2 heterocycles. The van der Waals surface area contributed by atoms with Crippen molar-refractivity contribution in [3.63, 3.8) is 0 Å². The minimum Gasteiger partial charge on any atom is -0.345 e. The van der Waals surface area contributed by atoms with Gasteiger partial charge in [-0.25, -0.2) is 0 Å². The van der Waals surface area contributed by atoms with Crippen LogP contribution in [0.1, 0.15) is 10.5 Å². The molecular formula is C12H10BrN5O. The molecule has 96 valence electrons. The molecule has 1 aromatic carbocycles. The molecule has 0 atom stereocenters. The molecule has 3 aromatic rings. The number of H-pyrrole nitrogens is 1. The number of carbonyl (C=O) groups excluding carboxylic acids is 1. The lowest BCUT2D eigenvalue weighted by Gasteiger charge is -2.05. The number of nitrogens with one attached hydrogen (secondary N) is 2. The van der Waals surface area contributed by atoms with Crippen molar-refractivity contribution in [3.05, 3.63) is 40.6 Å². The number of carbonyl (C=O) groups is 1. The highest BCUT2D eigenvalue weighted by molar-refractivity contribution is 9.10. The molecule has 0 fully saturated rings. The molecule has 1 amide bonds. The van der Waals surface area contributed by atoms with Crippen molar-refractivity contribution >= 4 is 38.6 Å². The molecule has 0 radical (unpaired) electrons. The summed E-state index contributed by atoms with van der Waals surface area (Å²) in [6, 6.07) is 7.13. The number of aryl methyl sites for hydroxylation is 1. The van der Waals surface area contributed by atoms with Gasteiger partial charge in [-0.2, -0.15) is 15.4 Å². The Kier molecular flexibility index (Phi) is 2.83. The van der Waals surface area contributed by atoms with Crippen molar-refractivity contribution in [3.8, 4) is 0 Å². The molecule has 0 spiro atoms. The van der Waals surface area contributed by atoms with Gasteiger partial charge in [0.2, 0.25) is 0 Å². The highest BCUT2D eigenvalue weighted by Crippen LogP contribution is 2.18.